The Balaban J connectivity index is 0.000000204. The minimum absolute atomic E-state index is 0.0230. The van der Waals surface area contributed by atoms with E-state index in [0.29, 0.717) is 17.9 Å². The van der Waals surface area contributed by atoms with Crippen LogP contribution in [0.3, 0.4) is 0 Å². The topological polar surface area (TPSA) is 227 Å². The van der Waals surface area contributed by atoms with Crippen molar-refractivity contribution in [3.63, 3.8) is 0 Å². The Morgan fingerprint density at radius 1 is 1.34 bits per heavy atom. The second-order valence-electron chi connectivity index (χ2n) is 7.51. The fourth-order valence-electron chi connectivity index (χ4n) is 3.53. The lowest BCUT2D eigenvalue weighted by Crippen LogP contribution is -2.39. The van der Waals surface area contributed by atoms with Crippen LogP contribution in [-0.4, -0.2) is 67.0 Å². The maximum absolute atomic E-state index is 11.8. The van der Waals surface area contributed by atoms with Gasteiger partial charge < -0.3 is 30.9 Å². The molecule has 0 amide bonds. The summed E-state index contributed by atoms with van der Waals surface area (Å²) in [6, 6.07) is 6.64. The molecule has 1 unspecified atom stereocenters. The molecule has 15 nitrogen and oxygen atoms in total. The molecule has 2 aliphatic heterocycles. The molecule has 0 radical (unpaired) electrons. The first-order valence-corrected chi connectivity index (χ1v) is 11.8. The van der Waals surface area contributed by atoms with Gasteiger partial charge in [-0.3, -0.25) is 23.4 Å². The van der Waals surface area contributed by atoms with Gasteiger partial charge >= 0.3 is 13.8 Å². The first kappa shape index (κ1) is 24.8. The van der Waals surface area contributed by atoms with Gasteiger partial charge in [-0.15, -0.1) is 0 Å². The number of aliphatic hydroxyl groups is 1. The molecule has 16 heteroatoms. The highest BCUT2D eigenvalue weighted by molar-refractivity contribution is 7.47. The van der Waals surface area contributed by atoms with Gasteiger partial charge in [0.05, 0.1) is 25.1 Å². The summed E-state index contributed by atoms with van der Waals surface area (Å²) in [5.41, 5.74) is 11.7. The van der Waals surface area contributed by atoms with E-state index in [0.717, 1.165) is 0 Å². The maximum atomic E-state index is 11.8. The van der Waals surface area contributed by atoms with Gasteiger partial charge in [0.15, 0.2) is 17.4 Å². The Bertz CT molecular complexity index is 1330. The number of rotatable bonds is 3. The van der Waals surface area contributed by atoms with E-state index in [1.54, 1.807) is 31.2 Å². The van der Waals surface area contributed by atoms with Gasteiger partial charge in [-0.1, -0.05) is 0 Å². The lowest BCUT2D eigenvalue weighted by Gasteiger charge is -2.27. The summed E-state index contributed by atoms with van der Waals surface area (Å²) in [7, 11) is -4.22. The number of hydrogen-bond donors (Lipinski definition) is 5. The number of nitrogen functional groups attached to an aromatic ring is 2. The molecule has 0 bridgehead atoms. The zero-order chi connectivity index (χ0) is 25.3. The van der Waals surface area contributed by atoms with Crippen LogP contribution in [0.2, 0.25) is 0 Å². The van der Waals surface area contributed by atoms with Gasteiger partial charge in [-0.2, -0.15) is 4.98 Å². The molecule has 5 rings (SSSR count). The number of carbonyl (C=O) groups is 1. The molecule has 3 aromatic rings. The van der Waals surface area contributed by atoms with Crippen LogP contribution < -0.4 is 17.0 Å². The molecule has 2 saturated heterocycles. The molecule has 2 aliphatic rings. The highest BCUT2D eigenvalue weighted by atomic mass is 31.2. The number of aliphatic hydroxyl groups excluding tert-OH is 1. The number of ether oxygens (including phenoxy) is 2. The Morgan fingerprint density at radius 3 is 2.74 bits per heavy atom. The van der Waals surface area contributed by atoms with Crippen LogP contribution >= 0.6 is 7.82 Å². The van der Waals surface area contributed by atoms with Gasteiger partial charge in [0.2, 0.25) is 5.95 Å². The molecule has 0 aliphatic carbocycles. The summed E-state index contributed by atoms with van der Waals surface area (Å²) in [4.78, 5) is 42.4. The van der Waals surface area contributed by atoms with E-state index in [2.05, 4.69) is 19.5 Å². The molecule has 0 saturated carbocycles. The predicted molar refractivity (Wildman–Crippen MR) is 120 cm³/mol. The number of benzene rings is 1. The lowest BCUT2D eigenvalue weighted by atomic mass is 10.1. The maximum Gasteiger partial charge on any atom is 0.472 e. The van der Waals surface area contributed by atoms with Crippen molar-refractivity contribution >= 4 is 36.6 Å². The average Bonchev–Trinajstić information content (AvgIpc) is 3.35. The van der Waals surface area contributed by atoms with Gasteiger partial charge in [0, 0.05) is 5.69 Å². The number of H-pyrrole nitrogens is 1. The highest BCUT2D eigenvalue weighted by Gasteiger charge is 2.52. The quantitative estimate of drug-likeness (QED) is 0.177. The number of phosphoric acid groups is 1. The second-order valence-corrected chi connectivity index (χ2v) is 8.91. The summed E-state index contributed by atoms with van der Waals surface area (Å²) in [5.74, 6) is -0.425. The minimum atomic E-state index is -4.22. The number of nitrogens with one attached hydrogen (secondary N) is 1. The van der Waals surface area contributed by atoms with Crippen molar-refractivity contribution < 1.29 is 37.9 Å². The normalized spacial score (nSPS) is 27.6. The number of imidazole rings is 1. The zero-order valence-corrected chi connectivity index (χ0v) is 19.2. The van der Waals surface area contributed by atoms with Crippen LogP contribution in [0.25, 0.3) is 11.2 Å². The largest absolute Gasteiger partial charge is 0.472 e. The molecule has 35 heavy (non-hydrogen) atoms. The number of aromatic amines is 1. The molecule has 0 spiro atoms. The number of nitrogens with zero attached hydrogens (tertiary/aromatic N) is 3. The number of aromatic nitrogens is 4. The van der Waals surface area contributed by atoms with E-state index < -0.39 is 37.9 Å². The number of hydrogen-bond acceptors (Lipinski definition) is 12. The van der Waals surface area contributed by atoms with Crippen molar-refractivity contribution in [2.75, 3.05) is 24.7 Å². The van der Waals surface area contributed by atoms with Crippen LogP contribution in [-0.2, 0) is 23.1 Å². The van der Waals surface area contributed by atoms with Crippen molar-refractivity contribution in [1.29, 1.82) is 0 Å². The van der Waals surface area contributed by atoms with Crippen LogP contribution in [0.1, 0.15) is 23.5 Å². The molecular formula is C19H23N6O9P. The van der Waals surface area contributed by atoms with Crippen LogP contribution in [0.5, 0.6) is 0 Å². The van der Waals surface area contributed by atoms with Crippen molar-refractivity contribution in [2.24, 2.45) is 0 Å². The standard InChI is InChI=1S/C10H12N5O7P.C9H11NO2/c11-10-13-7-4(8(17)14-10)12-2-15(7)9-5(16)6-3(21-9)1-20-23(18,19)22-6;1-2-12-9(11)7-3-5-8(10)6-4-7/h2-3,5-6,9,16H,1H2,(H,18,19)(H3,11,13,14,17);3-6H,2,10H2,1H3/t3-,5-,6-,9-;/m1./s1. The molecular weight excluding hydrogens is 487 g/mol. The van der Waals surface area contributed by atoms with E-state index in [-0.39, 0.29) is 29.7 Å². The summed E-state index contributed by atoms with van der Waals surface area (Å²) in [6.45, 7) is 1.95. The Hall–Kier alpha value is -3.33. The SMILES string of the molecule is CCOC(=O)c1ccc(N)cc1.Nc1nc2c(ncn2[C@@H]2O[C@@H]3COP(=O)(O)O[C@H]3[C@H]2O)c(=O)[nH]1. The Morgan fingerprint density at radius 2 is 2.06 bits per heavy atom. The van der Waals surface area contributed by atoms with E-state index in [1.807, 2.05) is 0 Å². The summed E-state index contributed by atoms with van der Waals surface area (Å²) >= 11 is 0. The van der Waals surface area contributed by atoms with Crippen LogP contribution in [0.4, 0.5) is 11.6 Å². The first-order valence-electron chi connectivity index (χ1n) is 10.3. The third kappa shape index (κ3) is 5.19. The second kappa shape index (κ2) is 9.73. The lowest BCUT2D eigenvalue weighted by molar-refractivity contribution is -0.0664. The average molecular weight is 510 g/mol. The first-order chi connectivity index (χ1) is 16.6. The van der Waals surface area contributed by atoms with E-state index in [1.165, 1.54) is 10.9 Å². The van der Waals surface area contributed by atoms with Gasteiger partial charge in [-0.05, 0) is 31.2 Å². The van der Waals surface area contributed by atoms with Crippen molar-refractivity contribution in [3.8, 4) is 0 Å². The molecule has 5 atom stereocenters. The van der Waals surface area contributed by atoms with Crippen molar-refractivity contribution in [2.45, 2.75) is 31.5 Å². The third-order valence-corrected chi connectivity index (χ3v) is 6.10. The van der Waals surface area contributed by atoms with E-state index in [9.17, 15) is 24.2 Å². The van der Waals surface area contributed by atoms with Gasteiger partial charge in [0.1, 0.15) is 18.3 Å². The molecule has 188 valence electrons. The van der Waals surface area contributed by atoms with E-state index in [4.69, 9.17) is 25.5 Å². The summed E-state index contributed by atoms with van der Waals surface area (Å²) < 4.78 is 32.7. The highest BCUT2D eigenvalue weighted by Crippen LogP contribution is 2.52. The molecule has 7 N–H and O–H groups in total. The molecule has 2 aromatic heterocycles. The fourth-order valence-corrected chi connectivity index (χ4v) is 4.49. The summed E-state index contributed by atoms with van der Waals surface area (Å²) in [5, 5.41) is 10.4. The number of phosphoric ester groups is 1. The van der Waals surface area contributed by atoms with Crippen LogP contribution in [0, 0.1) is 0 Å². The predicted octanol–water partition coefficient (Wildman–Crippen LogP) is -0.0786. The molecule has 2 fully saturated rings. The minimum Gasteiger partial charge on any atom is -0.462 e. The Kier molecular flexibility index (Phi) is 6.89. The smallest absolute Gasteiger partial charge is 0.462 e. The van der Waals surface area contributed by atoms with Crippen molar-refractivity contribution in [3.05, 3.63) is 46.5 Å². The zero-order valence-electron chi connectivity index (χ0n) is 18.3. The summed E-state index contributed by atoms with van der Waals surface area (Å²) in [6.07, 6.45) is -2.85. The van der Waals surface area contributed by atoms with Crippen molar-refractivity contribution in [1.82, 2.24) is 19.5 Å². The van der Waals surface area contributed by atoms with Gasteiger partial charge in [0.25, 0.3) is 5.56 Å². The Labute approximate surface area is 197 Å². The third-order valence-electron chi connectivity index (χ3n) is 5.11. The molecule has 1 aromatic carbocycles. The monoisotopic (exact) mass is 510 g/mol. The molecule has 4 heterocycles. The number of anilines is 2. The fraction of sp³-hybridized carbons (Fsp3) is 0.368. The van der Waals surface area contributed by atoms with Gasteiger partial charge in [-0.25, -0.2) is 14.3 Å². The number of carbonyl (C=O) groups excluding carboxylic acids is 1. The number of esters is 1. The van der Waals surface area contributed by atoms with Crippen LogP contribution in [0.15, 0.2) is 35.4 Å². The number of fused-ring (bicyclic) bond motifs is 2. The van der Waals surface area contributed by atoms with E-state index >= 15 is 0 Å². The number of nitrogens with two attached hydrogens (primary N) is 2.